The van der Waals surface area contributed by atoms with Gasteiger partial charge in [-0.25, -0.2) is 0 Å². The van der Waals surface area contributed by atoms with E-state index in [9.17, 15) is 28.8 Å². The molecule has 0 bridgehead atoms. The predicted octanol–water partition coefficient (Wildman–Crippen LogP) is -3.94. The molecule has 0 fully saturated rings. The highest BCUT2D eigenvalue weighted by Gasteiger charge is 2.10. The Kier molecular flexibility index (Phi) is 10.7. The van der Waals surface area contributed by atoms with Crippen LogP contribution in [0, 0.1) is 0 Å². The second kappa shape index (κ2) is 12.3. The van der Waals surface area contributed by atoms with Gasteiger partial charge in [-0.3, -0.25) is 28.8 Å². The maximum absolute atomic E-state index is 11.5. The van der Waals surface area contributed by atoms with E-state index in [1.807, 2.05) is 0 Å². The number of aliphatic carboxylic acids is 1. The van der Waals surface area contributed by atoms with Crippen LogP contribution < -0.4 is 26.6 Å². The van der Waals surface area contributed by atoms with E-state index in [0.29, 0.717) is 0 Å². The maximum atomic E-state index is 11.5. The molecule has 6 N–H and O–H groups in total. The molecular formula is C13H21N5O7. The van der Waals surface area contributed by atoms with Gasteiger partial charge >= 0.3 is 5.97 Å². The van der Waals surface area contributed by atoms with E-state index in [-0.39, 0.29) is 31.8 Å². The number of carboxylic acid groups (broad SMARTS) is 1. The standard InChI is InChI=1S/C13H21N5O7/c1-14-10(21)4-17-11(22)5-15-8(19)2-3-9(20)16-6-12(23)18-7-13(24)25/h2-7H2,1H3,(H,14,21)(H,15,19)(H,16,20)(H,17,22)(H,18,23)(H,24,25). The van der Waals surface area contributed by atoms with Crippen molar-refractivity contribution in [3.63, 3.8) is 0 Å². The molecule has 0 heterocycles. The van der Waals surface area contributed by atoms with Crippen molar-refractivity contribution in [2.75, 3.05) is 33.2 Å². The van der Waals surface area contributed by atoms with Crippen molar-refractivity contribution in [2.24, 2.45) is 0 Å². The Morgan fingerprint density at radius 2 is 0.960 bits per heavy atom. The Bertz CT molecular complexity index is 535. The third kappa shape index (κ3) is 13.0. The van der Waals surface area contributed by atoms with Gasteiger partial charge in [0.2, 0.25) is 29.5 Å². The second-order valence-electron chi connectivity index (χ2n) is 4.67. The van der Waals surface area contributed by atoms with E-state index in [1.54, 1.807) is 0 Å². The average molecular weight is 359 g/mol. The number of hydrogen-bond acceptors (Lipinski definition) is 6. The average Bonchev–Trinajstić information content (AvgIpc) is 2.58. The summed E-state index contributed by atoms with van der Waals surface area (Å²) in [5.41, 5.74) is 0. The number of amides is 5. The van der Waals surface area contributed by atoms with Gasteiger partial charge in [-0.15, -0.1) is 0 Å². The van der Waals surface area contributed by atoms with E-state index in [0.717, 1.165) is 0 Å². The summed E-state index contributed by atoms with van der Waals surface area (Å²) in [7, 11) is 1.41. The number of carbonyl (C=O) groups excluding carboxylic acids is 5. The minimum atomic E-state index is -1.21. The van der Waals surface area contributed by atoms with Gasteiger partial charge in [0.1, 0.15) is 6.54 Å². The van der Waals surface area contributed by atoms with Crippen LogP contribution in [-0.4, -0.2) is 73.8 Å². The number of carbonyl (C=O) groups is 6. The van der Waals surface area contributed by atoms with E-state index < -0.39 is 42.7 Å². The van der Waals surface area contributed by atoms with Crippen molar-refractivity contribution in [1.82, 2.24) is 26.6 Å². The van der Waals surface area contributed by atoms with E-state index in [1.165, 1.54) is 7.05 Å². The minimum Gasteiger partial charge on any atom is -0.480 e. The lowest BCUT2D eigenvalue weighted by Gasteiger charge is -2.07. The fourth-order valence-corrected chi connectivity index (χ4v) is 1.33. The van der Waals surface area contributed by atoms with Crippen molar-refractivity contribution in [3.8, 4) is 0 Å². The molecule has 0 saturated carbocycles. The van der Waals surface area contributed by atoms with Crippen molar-refractivity contribution < 1.29 is 33.9 Å². The highest BCUT2D eigenvalue weighted by atomic mass is 16.4. The summed E-state index contributed by atoms with van der Waals surface area (Å²) in [6.07, 6.45) is -0.413. The molecule has 0 atom stereocenters. The molecule has 0 aromatic carbocycles. The van der Waals surface area contributed by atoms with Crippen molar-refractivity contribution >= 4 is 35.5 Å². The van der Waals surface area contributed by atoms with Crippen molar-refractivity contribution in [2.45, 2.75) is 12.8 Å². The first-order valence-electron chi connectivity index (χ1n) is 7.23. The highest BCUT2D eigenvalue weighted by Crippen LogP contribution is 1.88. The molecule has 0 aliphatic rings. The summed E-state index contributed by atoms with van der Waals surface area (Å²) < 4.78 is 0. The molecule has 12 nitrogen and oxygen atoms in total. The topological polar surface area (TPSA) is 183 Å². The first kappa shape index (κ1) is 21.8. The Morgan fingerprint density at radius 3 is 1.36 bits per heavy atom. The van der Waals surface area contributed by atoms with Gasteiger partial charge < -0.3 is 31.7 Å². The maximum Gasteiger partial charge on any atom is 0.322 e. The molecule has 0 aliphatic carbocycles. The SMILES string of the molecule is CNC(=O)CNC(=O)CNC(=O)CCC(=O)NCC(=O)NCC(=O)O. The van der Waals surface area contributed by atoms with E-state index in [2.05, 4.69) is 26.6 Å². The van der Waals surface area contributed by atoms with Gasteiger partial charge in [0.25, 0.3) is 0 Å². The van der Waals surface area contributed by atoms with Crippen LogP contribution >= 0.6 is 0 Å². The number of rotatable bonds is 11. The number of carboxylic acids is 1. The molecule has 25 heavy (non-hydrogen) atoms. The van der Waals surface area contributed by atoms with Gasteiger partial charge in [-0.1, -0.05) is 0 Å². The third-order valence-electron chi connectivity index (χ3n) is 2.63. The molecule has 0 aliphatic heterocycles. The molecule has 0 spiro atoms. The molecule has 0 radical (unpaired) electrons. The fourth-order valence-electron chi connectivity index (χ4n) is 1.33. The lowest BCUT2D eigenvalue weighted by Crippen LogP contribution is -2.41. The van der Waals surface area contributed by atoms with Crippen LogP contribution in [0.5, 0.6) is 0 Å². The normalized spacial score (nSPS) is 9.48. The van der Waals surface area contributed by atoms with Gasteiger partial charge in [0.15, 0.2) is 0 Å². The van der Waals surface area contributed by atoms with Crippen LogP contribution in [-0.2, 0) is 28.8 Å². The summed E-state index contributed by atoms with van der Waals surface area (Å²) in [4.78, 5) is 66.5. The molecule has 140 valence electrons. The van der Waals surface area contributed by atoms with Gasteiger partial charge in [-0.05, 0) is 0 Å². The van der Waals surface area contributed by atoms with Gasteiger partial charge in [-0.2, -0.15) is 0 Å². The molecule has 0 aromatic rings. The van der Waals surface area contributed by atoms with E-state index in [4.69, 9.17) is 5.11 Å². The summed E-state index contributed by atoms with van der Waals surface area (Å²) >= 11 is 0. The summed E-state index contributed by atoms with van der Waals surface area (Å²) in [5.74, 6) is -3.96. The molecule has 12 heteroatoms. The minimum absolute atomic E-state index is 0.203. The number of nitrogens with one attached hydrogen (secondary N) is 5. The lowest BCUT2D eigenvalue weighted by atomic mass is 10.3. The first-order chi connectivity index (χ1) is 11.7. The van der Waals surface area contributed by atoms with E-state index >= 15 is 0 Å². The summed E-state index contributed by atoms with van der Waals surface area (Å²) in [6, 6.07) is 0. The summed E-state index contributed by atoms with van der Waals surface area (Å²) in [5, 5.41) is 19.5. The fraction of sp³-hybridized carbons (Fsp3) is 0.538. The molecule has 0 aromatic heterocycles. The molecule has 0 saturated heterocycles. The Balaban J connectivity index is 3.81. The Labute approximate surface area is 143 Å². The first-order valence-corrected chi connectivity index (χ1v) is 7.23. The highest BCUT2D eigenvalue weighted by molar-refractivity contribution is 5.90. The Hall–Kier alpha value is -3.18. The van der Waals surface area contributed by atoms with Crippen LogP contribution in [0.4, 0.5) is 0 Å². The third-order valence-corrected chi connectivity index (χ3v) is 2.63. The zero-order valence-electron chi connectivity index (χ0n) is 13.6. The van der Waals surface area contributed by atoms with Crippen molar-refractivity contribution in [3.05, 3.63) is 0 Å². The van der Waals surface area contributed by atoms with Crippen LogP contribution in [0.1, 0.15) is 12.8 Å². The molecule has 0 unspecified atom stereocenters. The van der Waals surface area contributed by atoms with Gasteiger partial charge in [0.05, 0.1) is 19.6 Å². The number of likely N-dealkylation sites (N-methyl/N-ethyl adjacent to an activating group) is 1. The number of hydrogen-bond donors (Lipinski definition) is 6. The molecular weight excluding hydrogens is 338 g/mol. The van der Waals surface area contributed by atoms with Crippen LogP contribution in [0.15, 0.2) is 0 Å². The monoisotopic (exact) mass is 359 g/mol. The van der Waals surface area contributed by atoms with Crippen LogP contribution in [0.25, 0.3) is 0 Å². The quantitative estimate of drug-likeness (QED) is 0.217. The van der Waals surface area contributed by atoms with Gasteiger partial charge in [0, 0.05) is 19.9 Å². The zero-order chi connectivity index (χ0) is 19.2. The smallest absolute Gasteiger partial charge is 0.322 e. The van der Waals surface area contributed by atoms with Crippen LogP contribution in [0.3, 0.4) is 0 Å². The molecule has 5 amide bonds. The Morgan fingerprint density at radius 1 is 0.600 bits per heavy atom. The molecule has 0 rings (SSSR count). The van der Waals surface area contributed by atoms with Crippen LogP contribution in [0.2, 0.25) is 0 Å². The predicted molar refractivity (Wildman–Crippen MR) is 83.0 cm³/mol. The zero-order valence-corrected chi connectivity index (χ0v) is 13.6. The lowest BCUT2D eigenvalue weighted by molar-refractivity contribution is -0.137. The summed E-state index contributed by atoms with van der Waals surface area (Å²) in [6.45, 7) is -1.51. The second-order valence-corrected chi connectivity index (χ2v) is 4.67. The van der Waals surface area contributed by atoms with Crippen molar-refractivity contribution in [1.29, 1.82) is 0 Å². The largest absolute Gasteiger partial charge is 0.480 e.